The van der Waals surface area contributed by atoms with Gasteiger partial charge in [-0.3, -0.25) is 0 Å². The summed E-state index contributed by atoms with van der Waals surface area (Å²) in [5, 5.41) is 3.57. The van der Waals surface area contributed by atoms with Crippen molar-refractivity contribution in [3.05, 3.63) is 34.9 Å². The van der Waals surface area contributed by atoms with Gasteiger partial charge in [-0.25, -0.2) is 13.1 Å². The summed E-state index contributed by atoms with van der Waals surface area (Å²) >= 11 is 0. The first-order valence-electron chi connectivity index (χ1n) is 7.14. The minimum absolute atomic E-state index is 0.392. The molecule has 1 aromatic rings. The van der Waals surface area contributed by atoms with Crippen LogP contribution in [0.3, 0.4) is 0 Å². The van der Waals surface area contributed by atoms with Crippen molar-refractivity contribution in [2.75, 3.05) is 19.3 Å². The van der Waals surface area contributed by atoms with Gasteiger partial charge in [0.25, 0.3) is 0 Å². The lowest BCUT2D eigenvalue weighted by molar-refractivity contribution is 0.414. The van der Waals surface area contributed by atoms with E-state index in [4.69, 9.17) is 0 Å². The van der Waals surface area contributed by atoms with Crippen LogP contribution in [-0.4, -0.2) is 27.8 Å². The Hall–Kier alpha value is -0.910. The van der Waals surface area contributed by atoms with Gasteiger partial charge in [0.1, 0.15) is 0 Å². The number of aryl methyl sites for hydroxylation is 1. The maximum atomic E-state index is 11.0. The number of nitrogens with one attached hydrogen (secondary N) is 2. The van der Waals surface area contributed by atoms with Crippen LogP contribution in [-0.2, 0) is 16.4 Å². The summed E-state index contributed by atoms with van der Waals surface area (Å²) in [6.07, 6.45) is 3.12. The van der Waals surface area contributed by atoms with E-state index >= 15 is 0 Å². The number of rotatable bonds is 6. The van der Waals surface area contributed by atoms with Crippen LogP contribution in [0.15, 0.2) is 18.2 Å². The second-order valence-corrected chi connectivity index (χ2v) is 7.67. The monoisotopic (exact) mass is 296 g/mol. The molecule has 2 atom stereocenters. The van der Waals surface area contributed by atoms with E-state index in [0.717, 1.165) is 19.4 Å². The predicted octanol–water partition coefficient (Wildman–Crippen LogP) is 1.76. The molecular weight excluding hydrogens is 272 g/mol. The molecule has 0 fully saturated rings. The summed E-state index contributed by atoms with van der Waals surface area (Å²) in [4.78, 5) is 0. The molecule has 1 aliphatic rings. The molecule has 4 nitrogen and oxygen atoms in total. The van der Waals surface area contributed by atoms with Crippen LogP contribution >= 0.6 is 0 Å². The molecule has 1 aliphatic carbocycles. The van der Waals surface area contributed by atoms with Gasteiger partial charge in [0, 0.05) is 12.6 Å². The summed E-state index contributed by atoms with van der Waals surface area (Å²) in [5.74, 6) is 0.592. The third kappa shape index (κ3) is 4.04. The minimum Gasteiger partial charge on any atom is -0.310 e. The molecule has 0 saturated carbocycles. The van der Waals surface area contributed by atoms with Crippen molar-refractivity contribution in [2.24, 2.45) is 5.92 Å². The largest absolute Gasteiger partial charge is 0.310 e. The van der Waals surface area contributed by atoms with Crippen molar-refractivity contribution >= 4 is 10.0 Å². The molecule has 2 N–H and O–H groups in total. The Morgan fingerprint density at radius 3 is 2.75 bits per heavy atom. The number of hydrogen-bond acceptors (Lipinski definition) is 3. The zero-order valence-electron chi connectivity index (χ0n) is 12.4. The molecule has 0 unspecified atom stereocenters. The van der Waals surface area contributed by atoms with Gasteiger partial charge in [-0.15, -0.1) is 0 Å². The Labute approximate surface area is 122 Å². The summed E-state index contributed by atoms with van der Waals surface area (Å²) in [6.45, 7) is 5.70. The van der Waals surface area contributed by atoms with E-state index in [1.54, 1.807) is 0 Å². The average Bonchev–Trinajstić information content (AvgIpc) is 2.64. The van der Waals surface area contributed by atoms with Crippen molar-refractivity contribution in [1.29, 1.82) is 0 Å². The molecule has 0 bridgehead atoms. The van der Waals surface area contributed by atoms with Gasteiger partial charge in [0.05, 0.1) is 6.26 Å². The predicted molar refractivity (Wildman–Crippen MR) is 82.3 cm³/mol. The van der Waals surface area contributed by atoms with Crippen molar-refractivity contribution in [1.82, 2.24) is 10.0 Å². The summed E-state index contributed by atoms with van der Waals surface area (Å²) in [6, 6.07) is 7.06. The third-order valence-electron chi connectivity index (χ3n) is 3.83. The highest BCUT2D eigenvalue weighted by Crippen LogP contribution is 2.36. The van der Waals surface area contributed by atoms with Crippen molar-refractivity contribution in [3.63, 3.8) is 0 Å². The topological polar surface area (TPSA) is 58.2 Å². The minimum atomic E-state index is -3.07. The molecular formula is C15H24N2O2S. The van der Waals surface area contributed by atoms with E-state index in [2.05, 4.69) is 42.1 Å². The highest BCUT2D eigenvalue weighted by atomic mass is 32.2. The van der Waals surface area contributed by atoms with Crippen LogP contribution in [0, 0.1) is 12.8 Å². The van der Waals surface area contributed by atoms with Crippen LogP contribution < -0.4 is 10.0 Å². The quantitative estimate of drug-likeness (QED) is 0.786. The van der Waals surface area contributed by atoms with Gasteiger partial charge in [-0.05, 0) is 43.4 Å². The average molecular weight is 296 g/mol. The fraction of sp³-hybridized carbons (Fsp3) is 0.600. The zero-order valence-corrected chi connectivity index (χ0v) is 13.3. The lowest BCUT2D eigenvalue weighted by Crippen LogP contribution is -2.29. The van der Waals surface area contributed by atoms with Gasteiger partial charge in [0.2, 0.25) is 10.0 Å². The molecule has 20 heavy (non-hydrogen) atoms. The number of fused-ring (bicyclic) bond motifs is 1. The highest BCUT2D eigenvalue weighted by molar-refractivity contribution is 7.88. The Balaban J connectivity index is 1.86. The fourth-order valence-electron chi connectivity index (χ4n) is 2.88. The summed E-state index contributed by atoms with van der Waals surface area (Å²) in [5.41, 5.74) is 4.15. The number of sulfonamides is 1. The molecule has 0 saturated heterocycles. The van der Waals surface area contributed by atoms with Crippen LogP contribution in [0.25, 0.3) is 0 Å². The summed E-state index contributed by atoms with van der Waals surface area (Å²) < 4.78 is 24.5. The van der Waals surface area contributed by atoms with E-state index in [1.165, 1.54) is 22.9 Å². The van der Waals surface area contributed by atoms with E-state index in [-0.39, 0.29) is 0 Å². The van der Waals surface area contributed by atoms with E-state index in [0.29, 0.717) is 18.5 Å². The number of hydrogen-bond donors (Lipinski definition) is 2. The molecule has 0 amide bonds. The van der Waals surface area contributed by atoms with E-state index in [9.17, 15) is 8.42 Å². The maximum Gasteiger partial charge on any atom is 0.208 e. The molecule has 0 aromatic heterocycles. The molecule has 0 radical (unpaired) electrons. The summed E-state index contributed by atoms with van der Waals surface area (Å²) in [7, 11) is -3.07. The smallest absolute Gasteiger partial charge is 0.208 e. The first-order chi connectivity index (χ1) is 9.37. The van der Waals surface area contributed by atoms with Gasteiger partial charge < -0.3 is 5.32 Å². The number of benzene rings is 1. The molecule has 5 heteroatoms. The fourth-order valence-corrected chi connectivity index (χ4v) is 3.39. The molecule has 112 valence electrons. The second kappa shape index (κ2) is 6.24. The van der Waals surface area contributed by atoms with Crippen LogP contribution in [0.4, 0.5) is 0 Å². The van der Waals surface area contributed by atoms with E-state index in [1.807, 2.05) is 0 Å². The van der Waals surface area contributed by atoms with E-state index < -0.39 is 10.0 Å². The molecule has 0 heterocycles. The molecule has 0 aliphatic heterocycles. The van der Waals surface area contributed by atoms with Crippen LogP contribution in [0.1, 0.15) is 36.1 Å². The second-order valence-electron chi connectivity index (χ2n) is 5.84. The molecule has 1 aromatic carbocycles. The molecule has 0 spiro atoms. The first kappa shape index (κ1) is 15.5. The standard InChI is InChI=1S/C15H24N2O2S/c1-11-5-6-13-10-12(2)15(14(13)9-11)16-7-4-8-17-20(3,18)19/h5-6,9,12,15-17H,4,7-8,10H2,1-3H3/t12-,15-/m1/s1. The Bertz CT molecular complexity index is 569. The Morgan fingerprint density at radius 1 is 1.30 bits per heavy atom. The first-order valence-corrected chi connectivity index (χ1v) is 9.03. The van der Waals surface area contributed by atoms with Gasteiger partial charge >= 0.3 is 0 Å². The zero-order chi connectivity index (χ0) is 14.8. The Morgan fingerprint density at radius 2 is 2.05 bits per heavy atom. The van der Waals surface area contributed by atoms with Crippen molar-refractivity contribution in [3.8, 4) is 0 Å². The lowest BCUT2D eigenvalue weighted by atomic mass is 10.0. The van der Waals surface area contributed by atoms with Crippen LogP contribution in [0.5, 0.6) is 0 Å². The van der Waals surface area contributed by atoms with Gasteiger partial charge in [-0.1, -0.05) is 30.7 Å². The van der Waals surface area contributed by atoms with Gasteiger partial charge in [-0.2, -0.15) is 0 Å². The Kier molecular flexibility index (Phi) is 4.83. The highest BCUT2D eigenvalue weighted by Gasteiger charge is 2.28. The third-order valence-corrected chi connectivity index (χ3v) is 4.56. The lowest BCUT2D eigenvalue weighted by Gasteiger charge is -2.19. The normalized spacial score (nSPS) is 21.9. The van der Waals surface area contributed by atoms with Crippen molar-refractivity contribution in [2.45, 2.75) is 32.7 Å². The van der Waals surface area contributed by atoms with Crippen molar-refractivity contribution < 1.29 is 8.42 Å². The van der Waals surface area contributed by atoms with Crippen LogP contribution in [0.2, 0.25) is 0 Å². The maximum absolute atomic E-state index is 11.0. The van der Waals surface area contributed by atoms with Gasteiger partial charge in [0.15, 0.2) is 0 Å². The SMILES string of the molecule is Cc1ccc2c(c1)[C@H](NCCCNS(C)(=O)=O)[C@H](C)C2. The molecule has 2 rings (SSSR count).